The minimum Gasteiger partial charge on any atom is -0.503 e. The van der Waals surface area contributed by atoms with Crippen molar-refractivity contribution in [2.24, 2.45) is 0 Å². The smallest absolute Gasteiger partial charge is 0.276 e. The Hall–Kier alpha value is -2.91. The molecular formula is C23H21ClFN3O5. The van der Waals surface area contributed by atoms with E-state index in [1.807, 2.05) is 0 Å². The van der Waals surface area contributed by atoms with Gasteiger partial charge in [0, 0.05) is 23.8 Å². The van der Waals surface area contributed by atoms with Crippen molar-refractivity contribution in [3.05, 3.63) is 61.8 Å². The Bertz CT molecular complexity index is 1280. The zero-order chi connectivity index (χ0) is 23.0. The Morgan fingerprint density at radius 3 is 2.91 bits per heavy atom. The molecule has 33 heavy (non-hydrogen) atoms. The zero-order valence-corrected chi connectivity index (χ0v) is 18.3. The third-order valence-electron chi connectivity index (χ3n) is 7.32. The third kappa shape index (κ3) is 2.88. The molecule has 4 atom stereocenters. The first kappa shape index (κ1) is 20.7. The molecule has 0 spiro atoms. The van der Waals surface area contributed by atoms with Gasteiger partial charge in [0.1, 0.15) is 11.4 Å². The van der Waals surface area contributed by atoms with Crippen LogP contribution in [-0.4, -0.2) is 44.8 Å². The van der Waals surface area contributed by atoms with Crippen molar-refractivity contribution < 1.29 is 23.8 Å². The first-order valence-corrected chi connectivity index (χ1v) is 11.4. The van der Waals surface area contributed by atoms with E-state index in [9.17, 15) is 23.9 Å². The number of aromatic nitrogens is 1. The van der Waals surface area contributed by atoms with Gasteiger partial charge in [-0.3, -0.25) is 14.4 Å². The van der Waals surface area contributed by atoms with Crippen LogP contribution in [0, 0.1) is 5.82 Å². The normalized spacial score (nSPS) is 26.8. The highest BCUT2D eigenvalue weighted by Gasteiger charge is 2.53. The van der Waals surface area contributed by atoms with E-state index in [0.29, 0.717) is 18.5 Å². The standard InChI is InChI=1S/C23H21ClFN3O5/c24-13-3-1-2-10(17(13)25)9-26-21(31)16-14-6-7-15-23-27(11-4-5-12(8-11)33-23)22(32)18(28(14)15)20(30)19(16)29/h1-3,11-12,15,23,30H,4-9H2,(H,26,31)/t11?,12-,15?,23?/m1/s1. The monoisotopic (exact) mass is 473 g/mol. The zero-order valence-electron chi connectivity index (χ0n) is 17.5. The van der Waals surface area contributed by atoms with E-state index in [4.69, 9.17) is 16.3 Å². The van der Waals surface area contributed by atoms with Crippen molar-refractivity contribution in [1.29, 1.82) is 0 Å². The Balaban J connectivity index is 1.39. The number of carbonyl (C=O) groups is 2. The SMILES string of the molecule is O=C(NCc1cccc(Cl)c1F)c1c2n3c(c(O)c1=O)C(=O)N1C4CC[C@H](C4)OC1C3CC2. The van der Waals surface area contributed by atoms with E-state index in [0.717, 1.165) is 19.3 Å². The largest absolute Gasteiger partial charge is 0.503 e. The lowest BCUT2D eigenvalue weighted by atomic mass is 10.0. The van der Waals surface area contributed by atoms with Crippen molar-refractivity contribution in [2.45, 2.75) is 63.1 Å². The minimum atomic E-state index is -0.894. The number of hydrogen-bond acceptors (Lipinski definition) is 5. The molecule has 1 aliphatic carbocycles. The number of benzene rings is 1. The molecule has 6 rings (SSSR count). The van der Waals surface area contributed by atoms with Crippen LogP contribution in [0.5, 0.6) is 5.75 Å². The maximum Gasteiger partial charge on any atom is 0.276 e. The molecule has 0 radical (unpaired) electrons. The van der Waals surface area contributed by atoms with Gasteiger partial charge in [0.2, 0.25) is 5.43 Å². The van der Waals surface area contributed by atoms with Crippen molar-refractivity contribution in [3.8, 4) is 5.75 Å². The lowest BCUT2D eigenvalue weighted by molar-refractivity contribution is -0.147. The number of halogens is 2. The molecule has 4 aliphatic rings. The van der Waals surface area contributed by atoms with Gasteiger partial charge in [0.25, 0.3) is 11.8 Å². The Kier molecular flexibility index (Phi) is 4.57. The number of aromatic hydroxyl groups is 1. The number of amides is 2. The van der Waals surface area contributed by atoms with Crippen LogP contribution >= 0.6 is 11.6 Å². The van der Waals surface area contributed by atoms with Gasteiger partial charge in [-0.05, 0) is 38.2 Å². The molecule has 2 N–H and O–H groups in total. The second-order valence-corrected chi connectivity index (χ2v) is 9.45. The molecule has 2 aromatic rings. The van der Waals surface area contributed by atoms with E-state index in [2.05, 4.69) is 5.32 Å². The highest BCUT2D eigenvalue weighted by molar-refractivity contribution is 6.30. The van der Waals surface area contributed by atoms with Crippen molar-refractivity contribution in [3.63, 3.8) is 0 Å². The highest BCUT2D eigenvalue weighted by atomic mass is 35.5. The summed E-state index contributed by atoms with van der Waals surface area (Å²) >= 11 is 5.80. The number of fused-ring (bicyclic) bond motifs is 5. The van der Waals surface area contributed by atoms with Gasteiger partial charge >= 0.3 is 0 Å². The third-order valence-corrected chi connectivity index (χ3v) is 7.61. The number of nitrogens with one attached hydrogen (secondary N) is 1. The van der Waals surface area contributed by atoms with Crippen LogP contribution in [0.4, 0.5) is 4.39 Å². The maximum absolute atomic E-state index is 14.2. The van der Waals surface area contributed by atoms with Crippen LogP contribution in [0.25, 0.3) is 0 Å². The lowest BCUT2D eigenvalue weighted by Gasteiger charge is -2.47. The second-order valence-electron chi connectivity index (χ2n) is 9.05. The van der Waals surface area contributed by atoms with Crippen molar-refractivity contribution >= 4 is 23.4 Å². The summed E-state index contributed by atoms with van der Waals surface area (Å²) in [7, 11) is 0. The van der Waals surface area contributed by atoms with Crippen LogP contribution in [-0.2, 0) is 17.7 Å². The number of ether oxygens (including phenoxy) is 1. The van der Waals surface area contributed by atoms with E-state index in [1.54, 1.807) is 15.5 Å². The lowest BCUT2D eigenvalue weighted by Crippen LogP contribution is -2.58. The van der Waals surface area contributed by atoms with Crippen molar-refractivity contribution in [1.82, 2.24) is 14.8 Å². The molecule has 10 heteroatoms. The molecule has 1 aromatic heterocycles. The molecule has 2 fully saturated rings. The second kappa shape index (κ2) is 7.30. The number of hydrogen-bond donors (Lipinski definition) is 2. The van der Waals surface area contributed by atoms with Gasteiger partial charge in [-0.2, -0.15) is 0 Å². The molecular weight excluding hydrogens is 453 g/mol. The van der Waals surface area contributed by atoms with E-state index in [-0.39, 0.29) is 46.6 Å². The van der Waals surface area contributed by atoms with Crippen LogP contribution in [0.2, 0.25) is 5.02 Å². The number of pyridine rings is 1. The average molecular weight is 474 g/mol. The first-order chi connectivity index (χ1) is 15.9. The fraction of sp³-hybridized carbons (Fsp3) is 0.435. The van der Waals surface area contributed by atoms with E-state index >= 15 is 0 Å². The molecule has 8 nitrogen and oxygen atoms in total. The summed E-state index contributed by atoms with van der Waals surface area (Å²) in [5, 5.41) is 13.2. The van der Waals surface area contributed by atoms with Crippen LogP contribution in [0.3, 0.4) is 0 Å². The molecule has 4 heterocycles. The summed E-state index contributed by atoms with van der Waals surface area (Å²) in [6, 6.07) is 4.20. The van der Waals surface area contributed by atoms with E-state index < -0.39 is 35.0 Å². The minimum absolute atomic E-state index is 0.0316. The quantitative estimate of drug-likeness (QED) is 0.713. The average Bonchev–Trinajstić information content (AvgIpc) is 3.39. The van der Waals surface area contributed by atoms with Crippen molar-refractivity contribution in [2.75, 3.05) is 0 Å². The summed E-state index contributed by atoms with van der Waals surface area (Å²) < 4.78 is 22.0. The summed E-state index contributed by atoms with van der Waals surface area (Å²) in [5.41, 5.74) is -0.614. The topological polar surface area (TPSA) is 101 Å². The van der Waals surface area contributed by atoms with Crippen LogP contribution in [0.15, 0.2) is 23.0 Å². The first-order valence-electron chi connectivity index (χ1n) is 11.1. The highest BCUT2D eigenvalue weighted by Crippen LogP contribution is 2.47. The van der Waals surface area contributed by atoms with Gasteiger partial charge in [-0.15, -0.1) is 0 Å². The fourth-order valence-corrected chi connectivity index (χ4v) is 6.05. The fourth-order valence-electron chi connectivity index (χ4n) is 5.85. The molecule has 1 saturated carbocycles. The maximum atomic E-state index is 14.2. The van der Waals surface area contributed by atoms with Gasteiger partial charge in [-0.1, -0.05) is 23.7 Å². The predicted octanol–water partition coefficient (Wildman–Crippen LogP) is 2.50. The summed E-state index contributed by atoms with van der Waals surface area (Å²) in [6.45, 7) is -0.183. The van der Waals surface area contributed by atoms with Crippen LogP contribution < -0.4 is 10.7 Å². The number of nitrogens with zero attached hydrogens (tertiary/aromatic N) is 2. The van der Waals surface area contributed by atoms with Gasteiger partial charge in [0.15, 0.2) is 17.7 Å². The Labute approximate surface area is 192 Å². The van der Waals surface area contributed by atoms with Gasteiger partial charge < -0.3 is 24.6 Å². The van der Waals surface area contributed by atoms with Crippen LogP contribution in [0.1, 0.15) is 63.8 Å². The van der Waals surface area contributed by atoms with Gasteiger partial charge in [-0.25, -0.2) is 4.39 Å². The summed E-state index contributed by atoms with van der Waals surface area (Å²) in [6.07, 6.45) is 3.04. The Morgan fingerprint density at radius 2 is 2.09 bits per heavy atom. The molecule has 172 valence electrons. The molecule has 2 bridgehead atoms. The summed E-state index contributed by atoms with van der Waals surface area (Å²) in [5.74, 6) is -2.55. The number of rotatable bonds is 3. The van der Waals surface area contributed by atoms with E-state index in [1.165, 1.54) is 12.1 Å². The molecule has 3 aliphatic heterocycles. The molecule has 2 amide bonds. The van der Waals surface area contributed by atoms with Gasteiger partial charge in [0.05, 0.1) is 17.2 Å². The molecule has 3 unspecified atom stereocenters. The summed E-state index contributed by atoms with van der Waals surface area (Å²) in [4.78, 5) is 41.1. The Morgan fingerprint density at radius 1 is 1.27 bits per heavy atom. The molecule has 1 aromatic carbocycles. The predicted molar refractivity (Wildman–Crippen MR) is 115 cm³/mol. The molecule has 1 saturated heterocycles. The number of carbonyl (C=O) groups excluding carboxylic acids is 2.